The Kier molecular flexibility index (Phi) is 5.64. The highest BCUT2D eigenvalue weighted by atomic mass is 35.5. The maximum atomic E-state index is 13.3. The van der Waals surface area contributed by atoms with Crippen LogP contribution in [-0.4, -0.2) is 32.9 Å². The third-order valence-corrected chi connectivity index (χ3v) is 6.41. The standard InChI is InChI=1S/C18H22ClN3O2S/c1-20-12-6-7-13-21-14-15-8-2-4-10-17(15)22(25(21,23)24)18-11-5-3-9-16(18)19/h2-5,8-11,20H,6-7,12-14H2,1H3. The maximum Gasteiger partial charge on any atom is 0.308 e. The molecule has 0 radical (unpaired) electrons. The molecule has 0 unspecified atom stereocenters. The highest BCUT2D eigenvalue weighted by Crippen LogP contribution is 2.41. The Hall–Kier alpha value is -1.60. The van der Waals surface area contributed by atoms with Gasteiger partial charge < -0.3 is 5.32 Å². The van der Waals surface area contributed by atoms with Gasteiger partial charge in [0.2, 0.25) is 0 Å². The average Bonchev–Trinajstić information content (AvgIpc) is 2.60. The number of halogens is 1. The SMILES string of the molecule is CNCCCCN1Cc2ccccc2N(c2ccccc2Cl)S1(=O)=O. The summed E-state index contributed by atoms with van der Waals surface area (Å²) >= 11 is 6.31. The molecule has 0 fully saturated rings. The van der Waals surface area contributed by atoms with Crippen molar-refractivity contribution in [1.82, 2.24) is 9.62 Å². The number of unbranched alkanes of at least 4 members (excludes halogenated alkanes) is 1. The van der Waals surface area contributed by atoms with Gasteiger partial charge in [-0.1, -0.05) is 41.9 Å². The predicted molar refractivity (Wildman–Crippen MR) is 103 cm³/mol. The van der Waals surface area contributed by atoms with Crippen molar-refractivity contribution in [2.45, 2.75) is 19.4 Å². The lowest BCUT2D eigenvalue weighted by Crippen LogP contribution is -2.45. The summed E-state index contributed by atoms with van der Waals surface area (Å²) in [5.74, 6) is 0. The van der Waals surface area contributed by atoms with Crippen molar-refractivity contribution < 1.29 is 8.42 Å². The van der Waals surface area contributed by atoms with Crippen LogP contribution in [0.15, 0.2) is 48.5 Å². The van der Waals surface area contributed by atoms with E-state index in [1.165, 1.54) is 8.61 Å². The van der Waals surface area contributed by atoms with Gasteiger partial charge >= 0.3 is 10.2 Å². The van der Waals surface area contributed by atoms with Gasteiger partial charge in [0.05, 0.1) is 16.4 Å². The summed E-state index contributed by atoms with van der Waals surface area (Å²) in [4.78, 5) is 0. The second kappa shape index (κ2) is 7.74. The van der Waals surface area contributed by atoms with E-state index in [1.54, 1.807) is 24.3 Å². The summed E-state index contributed by atoms with van der Waals surface area (Å²) in [5.41, 5.74) is 2.13. The van der Waals surface area contributed by atoms with Crippen molar-refractivity contribution in [2.24, 2.45) is 0 Å². The van der Waals surface area contributed by atoms with E-state index in [0.29, 0.717) is 29.5 Å². The molecule has 1 aliphatic heterocycles. The number of benzene rings is 2. The summed E-state index contributed by atoms with van der Waals surface area (Å²) in [6.07, 6.45) is 1.73. The molecule has 0 atom stereocenters. The van der Waals surface area contributed by atoms with Crippen LogP contribution in [0.1, 0.15) is 18.4 Å². The van der Waals surface area contributed by atoms with Crippen molar-refractivity contribution in [3.05, 3.63) is 59.1 Å². The number of fused-ring (bicyclic) bond motifs is 1. The van der Waals surface area contributed by atoms with E-state index in [9.17, 15) is 8.42 Å². The molecule has 5 nitrogen and oxygen atoms in total. The van der Waals surface area contributed by atoms with Crippen molar-refractivity contribution in [3.63, 3.8) is 0 Å². The van der Waals surface area contributed by atoms with E-state index in [1.807, 2.05) is 31.3 Å². The van der Waals surface area contributed by atoms with Gasteiger partial charge in [0.25, 0.3) is 0 Å². The molecule has 0 saturated heterocycles. The number of hydrogen-bond acceptors (Lipinski definition) is 3. The fraction of sp³-hybridized carbons (Fsp3) is 0.333. The second-order valence-electron chi connectivity index (χ2n) is 6.00. The van der Waals surface area contributed by atoms with Crippen LogP contribution in [0.5, 0.6) is 0 Å². The highest BCUT2D eigenvalue weighted by molar-refractivity contribution is 7.91. The van der Waals surface area contributed by atoms with E-state index in [4.69, 9.17) is 11.6 Å². The Morgan fingerprint density at radius 1 is 1.04 bits per heavy atom. The quantitative estimate of drug-likeness (QED) is 0.781. The van der Waals surface area contributed by atoms with Crippen molar-refractivity contribution >= 4 is 33.2 Å². The van der Waals surface area contributed by atoms with Crippen LogP contribution in [-0.2, 0) is 16.8 Å². The minimum Gasteiger partial charge on any atom is -0.320 e. The fourth-order valence-electron chi connectivity index (χ4n) is 3.01. The number of anilines is 2. The van der Waals surface area contributed by atoms with Crippen LogP contribution < -0.4 is 9.62 Å². The predicted octanol–water partition coefficient (Wildman–Crippen LogP) is 3.54. The zero-order valence-electron chi connectivity index (χ0n) is 14.2. The van der Waals surface area contributed by atoms with Gasteiger partial charge in [-0.05, 0) is 50.2 Å². The first kappa shape index (κ1) is 18.2. The topological polar surface area (TPSA) is 52.6 Å². The number of nitrogens with zero attached hydrogens (tertiary/aromatic N) is 2. The molecule has 7 heteroatoms. The minimum absolute atomic E-state index is 0.388. The Bertz CT molecular complexity index is 842. The molecule has 25 heavy (non-hydrogen) atoms. The molecule has 0 saturated carbocycles. The molecule has 3 rings (SSSR count). The lowest BCUT2D eigenvalue weighted by atomic mass is 10.1. The van der Waals surface area contributed by atoms with Gasteiger partial charge in [-0.15, -0.1) is 0 Å². The van der Waals surface area contributed by atoms with E-state index in [-0.39, 0.29) is 0 Å². The largest absolute Gasteiger partial charge is 0.320 e. The Morgan fingerprint density at radius 2 is 1.72 bits per heavy atom. The van der Waals surface area contributed by atoms with E-state index in [2.05, 4.69) is 5.32 Å². The minimum atomic E-state index is -3.68. The lowest BCUT2D eigenvalue weighted by molar-refractivity contribution is 0.389. The molecule has 0 bridgehead atoms. The molecule has 0 amide bonds. The Labute approximate surface area is 154 Å². The first-order valence-corrected chi connectivity index (χ1v) is 10.1. The van der Waals surface area contributed by atoms with Crippen LogP contribution in [0.2, 0.25) is 5.02 Å². The highest BCUT2D eigenvalue weighted by Gasteiger charge is 2.37. The van der Waals surface area contributed by atoms with Gasteiger partial charge in [0.1, 0.15) is 0 Å². The molecule has 1 heterocycles. The lowest BCUT2D eigenvalue weighted by Gasteiger charge is -2.37. The monoisotopic (exact) mass is 379 g/mol. The molecule has 2 aromatic rings. The zero-order chi connectivity index (χ0) is 17.9. The smallest absolute Gasteiger partial charge is 0.308 e. The number of para-hydroxylation sites is 2. The van der Waals surface area contributed by atoms with Crippen LogP contribution >= 0.6 is 11.6 Å². The van der Waals surface area contributed by atoms with E-state index < -0.39 is 10.2 Å². The third kappa shape index (κ3) is 3.67. The van der Waals surface area contributed by atoms with Gasteiger partial charge in [0.15, 0.2) is 0 Å². The Balaban J connectivity index is 2.01. The molecule has 1 N–H and O–H groups in total. The second-order valence-corrected chi connectivity index (χ2v) is 8.18. The molecule has 2 aromatic carbocycles. The van der Waals surface area contributed by atoms with Gasteiger partial charge in [0, 0.05) is 13.1 Å². The van der Waals surface area contributed by atoms with Crippen molar-refractivity contribution in [2.75, 3.05) is 24.4 Å². The molecule has 0 aliphatic carbocycles. The van der Waals surface area contributed by atoms with Crippen LogP contribution in [0.4, 0.5) is 11.4 Å². The first-order chi connectivity index (χ1) is 12.1. The molecule has 1 aliphatic rings. The molecular weight excluding hydrogens is 358 g/mol. The first-order valence-electron chi connectivity index (χ1n) is 8.33. The van der Waals surface area contributed by atoms with Crippen LogP contribution in [0.25, 0.3) is 0 Å². The maximum absolute atomic E-state index is 13.3. The van der Waals surface area contributed by atoms with Crippen LogP contribution in [0.3, 0.4) is 0 Å². The zero-order valence-corrected chi connectivity index (χ0v) is 15.7. The summed E-state index contributed by atoms with van der Waals surface area (Å²) < 4.78 is 29.4. The molecule has 134 valence electrons. The van der Waals surface area contributed by atoms with Crippen molar-refractivity contribution in [3.8, 4) is 0 Å². The van der Waals surface area contributed by atoms with E-state index >= 15 is 0 Å². The Morgan fingerprint density at radius 3 is 2.44 bits per heavy atom. The van der Waals surface area contributed by atoms with Gasteiger partial charge in [-0.2, -0.15) is 12.7 Å². The third-order valence-electron chi connectivity index (χ3n) is 4.27. The molecular formula is C18H22ClN3O2S. The average molecular weight is 380 g/mol. The normalized spacial score (nSPS) is 16.6. The summed E-state index contributed by atoms with van der Waals surface area (Å²) in [6.45, 7) is 1.75. The fourth-order valence-corrected chi connectivity index (χ4v) is 5.01. The van der Waals surface area contributed by atoms with Crippen LogP contribution in [0, 0.1) is 0 Å². The summed E-state index contributed by atoms with van der Waals surface area (Å²) in [7, 11) is -1.78. The van der Waals surface area contributed by atoms with Gasteiger partial charge in [-0.3, -0.25) is 0 Å². The number of hydrogen-bond donors (Lipinski definition) is 1. The summed E-state index contributed by atoms with van der Waals surface area (Å²) in [6, 6.07) is 14.6. The van der Waals surface area contributed by atoms with Crippen molar-refractivity contribution in [1.29, 1.82) is 0 Å². The number of nitrogens with one attached hydrogen (secondary N) is 1. The molecule has 0 aromatic heterocycles. The molecule has 0 spiro atoms. The summed E-state index contributed by atoms with van der Waals surface area (Å²) in [5, 5.41) is 3.50. The van der Waals surface area contributed by atoms with Gasteiger partial charge in [-0.25, -0.2) is 4.31 Å². The number of rotatable bonds is 6. The van der Waals surface area contributed by atoms with E-state index in [0.717, 1.165) is 24.9 Å².